The van der Waals surface area contributed by atoms with Crippen molar-refractivity contribution in [1.29, 1.82) is 0 Å². The van der Waals surface area contributed by atoms with E-state index in [1.54, 1.807) is 18.2 Å². The van der Waals surface area contributed by atoms with Crippen molar-refractivity contribution in [3.05, 3.63) is 64.3 Å². The van der Waals surface area contributed by atoms with E-state index in [1.165, 1.54) is 13.2 Å². The molecule has 0 spiro atoms. The van der Waals surface area contributed by atoms with E-state index >= 15 is 0 Å². The van der Waals surface area contributed by atoms with Crippen LogP contribution in [0.2, 0.25) is 0 Å². The van der Waals surface area contributed by atoms with Crippen molar-refractivity contribution in [1.82, 2.24) is 0 Å². The van der Waals surface area contributed by atoms with Gasteiger partial charge in [0.05, 0.1) is 6.61 Å². The number of aryl methyl sites for hydroxylation is 1. The lowest BCUT2D eigenvalue weighted by molar-refractivity contribution is -0.119. The molecule has 1 aromatic heterocycles. The lowest BCUT2D eigenvalue weighted by atomic mass is 10.1. The fourth-order valence-electron chi connectivity index (χ4n) is 2.95. The number of carbonyl (C=O) groups excluding carboxylic acids is 2. The molecule has 0 bridgehead atoms. The Balaban J connectivity index is 1.73. The zero-order valence-corrected chi connectivity index (χ0v) is 16.4. The summed E-state index contributed by atoms with van der Waals surface area (Å²) in [5.41, 5.74) is 2.11. The standard InChI is InChI=1S/C21H20FNO4S/c1-3-13-7-4-5-9-16(13)23-18(24)12-27-21(25)20-14(11-26-2)19-15(22)8-6-10-17(19)28-20/h4-10H,3,11-12H2,1-2H3,(H,23,24). The fraction of sp³-hybridized carbons (Fsp3) is 0.238. The predicted octanol–water partition coefficient (Wildman–Crippen LogP) is 4.54. The topological polar surface area (TPSA) is 64.6 Å². The zero-order chi connectivity index (χ0) is 20.1. The van der Waals surface area contributed by atoms with Gasteiger partial charge in [-0.15, -0.1) is 11.3 Å². The van der Waals surface area contributed by atoms with Crippen LogP contribution in [0.1, 0.15) is 27.7 Å². The van der Waals surface area contributed by atoms with E-state index in [1.807, 2.05) is 25.1 Å². The van der Waals surface area contributed by atoms with Gasteiger partial charge < -0.3 is 14.8 Å². The smallest absolute Gasteiger partial charge is 0.349 e. The fourth-order valence-corrected chi connectivity index (χ4v) is 4.06. The molecule has 0 aliphatic heterocycles. The number of methoxy groups -OCH3 is 1. The van der Waals surface area contributed by atoms with E-state index in [-0.39, 0.29) is 11.5 Å². The summed E-state index contributed by atoms with van der Waals surface area (Å²) >= 11 is 1.12. The first-order valence-electron chi connectivity index (χ1n) is 8.78. The highest BCUT2D eigenvalue weighted by Crippen LogP contribution is 2.34. The lowest BCUT2D eigenvalue weighted by Crippen LogP contribution is -2.21. The molecule has 3 rings (SSSR count). The number of esters is 1. The monoisotopic (exact) mass is 401 g/mol. The van der Waals surface area contributed by atoms with Crippen molar-refractivity contribution in [3.63, 3.8) is 0 Å². The summed E-state index contributed by atoms with van der Waals surface area (Å²) in [6.07, 6.45) is 0.768. The van der Waals surface area contributed by atoms with Gasteiger partial charge in [0.2, 0.25) is 0 Å². The maximum absolute atomic E-state index is 14.2. The van der Waals surface area contributed by atoms with Gasteiger partial charge >= 0.3 is 5.97 Å². The highest BCUT2D eigenvalue weighted by Gasteiger charge is 2.22. The van der Waals surface area contributed by atoms with Gasteiger partial charge in [-0.25, -0.2) is 9.18 Å². The molecule has 1 heterocycles. The number of ether oxygens (including phenoxy) is 2. The molecule has 0 unspecified atom stereocenters. The van der Waals surface area contributed by atoms with Crippen molar-refractivity contribution >= 4 is 39.0 Å². The van der Waals surface area contributed by atoms with Gasteiger partial charge in [-0.2, -0.15) is 0 Å². The number of carbonyl (C=O) groups is 2. The molecule has 0 atom stereocenters. The number of thiophene rings is 1. The Hall–Kier alpha value is -2.77. The molecule has 146 valence electrons. The lowest BCUT2D eigenvalue weighted by Gasteiger charge is -2.10. The van der Waals surface area contributed by atoms with E-state index in [0.29, 0.717) is 21.3 Å². The Morgan fingerprint density at radius 3 is 2.68 bits per heavy atom. The molecule has 7 heteroatoms. The molecule has 0 radical (unpaired) electrons. The number of nitrogens with one attached hydrogen (secondary N) is 1. The number of benzene rings is 2. The van der Waals surface area contributed by atoms with Gasteiger partial charge in [0, 0.05) is 28.4 Å². The quantitative estimate of drug-likeness (QED) is 0.590. The Morgan fingerprint density at radius 1 is 1.14 bits per heavy atom. The molecule has 0 aliphatic rings. The van der Waals surface area contributed by atoms with Crippen LogP contribution in [-0.4, -0.2) is 25.6 Å². The van der Waals surface area contributed by atoms with Gasteiger partial charge in [0.25, 0.3) is 5.91 Å². The van der Waals surface area contributed by atoms with Crippen LogP contribution in [0, 0.1) is 5.82 Å². The second-order valence-corrected chi connectivity index (χ2v) is 7.14. The second kappa shape index (κ2) is 8.95. The highest BCUT2D eigenvalue weighted by molar-refractivity contribution is 7.21. The first-order valence-corrected chi connectivity index (χ1v) is 9.60. The number of anilines is 1. The van der Waals surface area contributed by atoms with E-state index in [2.05, 4.69) is 5.32 Å². The second-order valence-electron chi connectivity index (χ2n) is 6.09. The summed E-state index contributed by atoms with van der Waals surface area (Å²) in [7, 11) is 1.47. The van der Waals surface area contributed by atoms with Crippen molar-refractivity contribution in [3.8, 4) is 0 Å². The third kappa shape index (κ3) is 4.21. The van der Waals surface area contributed by atoms with Crippen LogP contribution in [0.15, 0.2) is 42.5 Å². The molecule has 1 amide bonds. The Labute approximate surface area is 166 Å². The van der Waals surface area contributed by atoms with E-state index in [0.717, 1.165) is 23.3 Å². The van der Waals surface area contributed by atoms with Crippen LogP contribution >= 0.6 is 11.3 Å². The average molecular weight is 401 g/mol. The molecule has 28 heavy (non-hydrogen) atoms. The summed E-state index contributed by atoms with van der Waals surface area (Å²) in [5.74, 6) is -1.53. The van der Waals surface area contributed by atoms with Crippen LogP contribution in [0.3, 0.4) is 0 Å². The largest absolute Gasteiger partial charge is 0.451 e. The predicted molar refractivity (Wildman–Crippen MR) is 107 cm³/mol. The Morgan fingerprint density at radius 2 is 1.93 bits per heavy atom. The number of rotatable bonds is 7. The van der Waals surface area contributed by atoms with Crippen LogP contribution in [0.5, 0.6) is 0 Å². The molecule has 3 aromatic rings. The first-order chi connectivity index (χ1) is 13.5. The van der Waals surface area contributed by atoms with Crippen LogP contribution < -0.4 is 5.32 Å². The van der Waals surface area contributed by atoms with Crippen molar-refractivity contribution < 1.29 is 23.5 Å². The van der Waals surface area contributed by atoms with Crippen molar-refractivity contribution in [2.45, 2.75) is 20.0 Å². The molecule has 0 saturated heterocycles. The molecule has 5 nitrogen and oxygen atoms in total. The zero-order valence-electron chi connectivity index (χ0n) is 15.6. The molecule has 0 fully saturated rings. The van der Waals surface area contributed by atoms with Gasteiger partial charge in [-0.1, -0.05) is 31.2 Å². The molecule has 2 aromatic carbocycles. The summed E-state index contributed by atoms with van der Waals surface area (Å²) < 4.78 is 25.1. The number of hydrogen-bond donors (Lipinski definition) is 1. The normalized spacial score (nSPS) is 10.8. The summed E-state index contributed by atoms with van der Waals surface area (Å²) in [4.78, 5) is 25.0. The minimum absolute atomic E-state index is 0.0709. The third-order valence-electron chi connectivity index (χ3n) is 4.24. The molecule has 1 N–H and O–H groups in total. The maximum atomic E-state index is 14.2. The van der Waals surface area contributed by atoms with Gasteiger partial charge in [-0.3, -0.25) is 4.79 Å². The first kappa shape index (κ1) is 20.0. The minimum Gasteiger partial charge on any atom is -0.451 e. The van der Waals surface area contributed by atoms with Crippen LogP contribution in [-0.2, 0) is 27.3 Å². The number of fused-ring (bicyclic) bond motifs is 1. The average Bonchev–Trinajstić information content (AvgIpc) is 3.07. The number of amides is 1. The van der Waals surface area contributed by atoms with Crippen LogP contribution in [0.25, 0.3) is 10.1 Å². The van der Waals surface area contributed by atoms with E-state index < -0.39 is 24.3 Å². The van der Waals surface area contributed by atoms with E-state index in [4.69, 9.17) is 9.47 Å². The third-order valence-corrected chi connectivity index (χ3v) is 5.42. The van der Waals surface area contributed by atoms with E-state index in [9.17, 15) is 14.0 Å². The molecular formula is C21H20FNO4S. The van der Waals surface area contributed by atoms with Crippen molar-refractivity contribution in [2.75, 3.05) is 19.0 Å². The molecule has 0 aliphatic carbocycles. The SMILES string of the molecule is CCc1ccccc1NC(=O)COC(=O)c1sc2cccc(F)c2c1COC. The highest BCUT2D eigenvalue weighted by atomic mass is 32.1. The number of para-hydroxylation sites is 1. The number of hydrogen-bond acceptors (Lipinski definition) is 5. The minimum atomic E-state index is -0.674. The number of halogens is 1. The summed E-state index contributed by atoms with van der Waals surface area (Å²) in [5, 5.41) is 3.10. The van der Waals surface area contributed by atoms with Crippen LogP contribution in [0.4, 0.5) is 10.1 Å². The summed E-state index contributed by atoms with van der Waals surface area (Å²) in [6, 6.07) is 12.1. The maximum Gasteiger partial charge on any atom is 0.349 e. The molecular weight excluding hydrogens is 381 g/mol. The van der Waals surface area contributed by atoms with Gasteiger partial charge in [-0.05, 0) is 30.2 Å². The Kier molecular flexibility index (Phi) is 6.38. The van der Waals surface area contributed by atoms with Gasteiger partial charge in [0.15, 0.2) is 6.61 Å². The van der Waals surface area contributed by atoms with Gasteiger partial charge in [0.1, 0.15) is 10.7 Å². The van der Waals surface area contributed by atoms with Crippen molar-refractivity contribution in [2.24, 2.45) is 0 Å². The molecule has 0 saturated carbocycles. The summed E-state index contributed by atoms with van der Waals surface area (Å²) in [6.45, 7) is 1.63. The Bertz CT molecular complexity index is 1010.